The number of pyridine rings is 1. The highest BCUT2D eigenvalue weighted by molar-refractivity contribution is 9.10. The summed E-state index contributed by atoms with van der Waals surface area (Å²) in [5.74, 6) is -1.64. The molecule has 3 nitrogen and oxygen atoms in total. The summed E-state index contributed by atoms with van der Waals surface area (Å²) >= 11 is 2.56. The molecule has 0 aliphatic rings. The fraction of sp³-hybridized carbons (Fsp3) is 0.143. The summed E-state index contributed by atoms with van der Waals surface area (Å²) in [6, 6.07) is 0.802. The SMILES string of the molecule is O=C(O)c1ccnc(Br)c1C(F)(F)F. The van der Waals surface area contributed by atoms with Gasteiger partial charge in [0.1, 0.15) is 10.2 Å². The zero-order chi connectivity index (χ0) is 10.9. The first-order valence-electron chi connectivity index (χ1n) is 3.29. The molecule has 0 saturated carbocycles. The average Bonchev–Trinajstić information content (AvgIpc) is 2.01. The van der Waals surface area contributed by atoms with Crippen molar-refractivity contribution in [3.05, 3.63) is 28.0 Å². The van der Waals surface area contributed by atoms with Crippen LogP contribution >= 0.6 is 15.9 Å². The van der Waals surface area contributed by atoms with Crippen molar-refractivity contribution in [1.29, 1.82) is 0 Å². The first kappa shape index (κ1) is 11.0. The quantitative estimate of drug-likeness (QED) is 0.798. The summed E-state index contributed by atoms with van der Waals surface area (Å²) in [5.41, 5.74) is -2.09. The number of aromatic carboxylic acids is 1. The van der Waals surface area contributed by atoms with E-state index in [1.54, 1.807) is 0 Å². The van der Waals surface area contributed by atoms with Crippen molar-refractivity contribution in [2.75, 3.05) is 0 Å². The Morgan fingerprint density at radius 1 is 1.50 bits per heavy atom. The number of aromatic nitrogens is 1. The Morgan fingerprint density at radius 3 is 2.43 bits per heavy atom. The minimum atomic E-state index is -4.74. The molecule has 0 bridgehead atoms. The summed E-state index contributed by atoms with van der Waals surface area (Å²) in [7, 11) is 0. The lowest BCUT2D eigenvalue weighted by atomic mass is 10.1. The van der Waals surface area contributed by atoms with Gasteiger partial charge < -0.3 is 5.11 Å². The van der Waals surface area contributed by atoms with Crippen molar-refractivity contribution in [2.24, 2.45) is 0 Å². The van der Waals surface area contributed by atoms with E-state index in [0.29, 0.717) is 0 Å². The highest BCUT2D eigenvalue weighted by Gasteiger charge is 2.38. The molecule has 1 aromatic heterocycles. The molecule has 0 saturated heterocycles. The van der Waals surface area contributed by atoms with E-state index in [-0.39, 0.29) is 0 Å². The van der Waals surface area contributed by atoms with Crippen LogP contribution in [0.25, 0.3) is 0 Å². The molecule has 76 valence electrons. The number of hydrogen-bond acceptors (Lipinski definition) is 2. The van der Waals surface area contributed by atoms with Gasteiger partial charge in [-0.15, -0.1) is 0 Å². The highest BCUT2D eigenvalue weighted by Crippen LogP contribution is 2.36. The molecule has 1 rings (SSSR count). The third-order valence-corrected chi connectivity index (χ3v) is 2.02. The normalized spacial score (nSPS) is 11.4. The highest BCUT2D eigenvalue weighted by atomic mass is 79.9. The number of carboxylic acids is 1. The molecule has 0 aliphatic carbocycles. The largest absolute Gasteiger partial charge is 0.478 e. The minimum Gasteiger partial charge on any atom is -0.478 e. The molecule has 7 heteroatoms. The second-order valence-corrected chi connectivity index (χ2v) is 3.08. The monoisotopic (exact) mass is 269 g/mol. The van der Waals surface area contributed by atoms with E-state index in [2.05, 4.69) is 20.9 Å². The van der Waals surface area contributed by atoms with Gasteiger partial charge in [-0.1, -0.05) is 0 Å². The number of rotatable bonds is 1. The standard InChI is InChI=1S/C7H3BrF3NO2/c8-5-4(7(9,10)11)3(6(13)14)1-2-12-5/h1-2H,(H,13,14). The average molecular weight is 270 g/mol. The van der Waals surface area contributed by atoms with Crippen LogP contribution in [0.3, 0.4) is 0 Å². The van der Waals surface area contributed by atoms with Gasteiger partial charge in [-0.2, -0.15) is 13.2 Å². The lowest BCUT2D eigenvalue weighted by Crippen LogP contribution is -2.14. The number of halogens is 4. The van der Waals surface area contributed by atoms with Gasteiger partial charge in [0.2, 0.25) is 0 Å². The molecular weight excluding hydrogens is 267 g/mol. The van der Waals surface area contributed by atoms with Gasteiger partial charge in [-0.05, 0) is 22.0 Å². The lowest BCUT2D eigenvalue weighted by Gasteiger charge is -2.10. The molecular formula is C7H3BrF3NO2. The van der Waals surface area contributed by atoms with Gasteiger partial charge in [0.15, 0.2) is 0 Å². The fourth-order valence-corrected chi connectivity index (χ4v) is 1.44. The molecule has 0 spiro atoms. The number of carboxylic acid groups (broad SMARTS) is 1. The third kappa shape index (κ3) is 2.03. The zero-order valence-corrected chi connectivity index (χ0v) is 8.06. The summed E-state index contributed by atoms with van der Waals surface area (Å²) in [6.07, 6.45) is -3.75. The van der Waals surface area contributed by atoms with E-state index in [1.807, 2.05) is 0 Å². The molecule has 1 heterocycles. The van der Waals surface area contributed by atoms with Gasteiger partial charge in [-0.3, -0.25) is 0 Å². The van der Waals surface area contributed by atoms with E-state index in [4.69, 9.17) is 5.11 Å². The topological polar surface area (TPSA) is 50.2 Å². The molecule has 0 fully saturated rings. The Bertz CT molecular complexity index is 378. The van der Waals surface area contributed by atoms with Crippen LogP contribution in [0.4, 0.5) is 13.2 Å². The summed E-state index contributed by atoms with van der Waals surface area (Å²) in [5, 5.41) is 8.50. The molecule has 0 atom stereocenters. The van der Waals surface area contributed by atoms with Gasteiger partial charge in [0, 0.05) is 6.20 Å². The lowest BCUT2D eigenvalue weighted by molar-refractivity contribution is -0.139. The summed E-state index contributed by atoms with van der Waals surface area (Å²) in [4.78, 5) is 13.8. The molecule has 1 aromatic rings. The molecule has 0 radical (unpaired) electrons. The van der Waals surface area contributed by atoms with E-state index in [0.717, 1.165) is 12.3 Å². The predicted octanol–water partition coefficient (Wildman–Crippen LogP) is 2.56. The Balaban J connectivity index is 3.45. The summed E-state index contributed by atoms with van der Waals surface area (Å²) in [6.45, 7) is 0. The van der Waals surface area contributed by atoms with E-state index in [1.165, 1.54) is 0 Å². The van der Waals surface area contributed by atoms with Crippen LogP contribution in [0.1, 0.15) is 15.9 Å². The second-order valence-electron chi connectivity index (χ2n) is 2.33. The van der Waals surface area contributed by atoms with Crippen molar-refractivity contribution < 1.29 is 23.1 Å². The Hall–Kier alpha value is -1.11. The van der Waals surface area contributed by atoms with Crippen LogP contribution < -0.4 is 0 Å². The van der Waals surface area contributed by atoms with Gasteiger partial charge in [0.05, 0.1) is 5.56 Å². The van der Waals surface area contributed by atoms with Crippen LogP contribution in [-0.2, 0) is 6.18 Å². The van der Waals surface area contributed by atoms with Crippen molar-refractivity contribution >= 4 is 21.9 Å². The number of alkyl halides is 3. The second kappa shape index (κ2) is 3.56. The van der Waals surface area contributed by atoms with Crippen LogP contribution in [0.2, 0.25) is 0 Å². The van der Waals surface area contributed by atoms with Crippen molar-refractivity contribution in [2.45, 2.75) is 6.18 Å². The van der Waals surface area contributed by atoms with Crippen LogP contribution in [-0.4, -0.2) is 16.1 Å². The first-order valence-corrected chi connectivity index (χ1v) is 4.08. The Kier molecular flexibility index (Phi) is 2.79. The third-order valence-electron chi connectivity index (χ3n) is 1.42. The van der Waals surface area contributed by atoms with Crippen LogP contribution in [0.5, 0.6) is 0 Å². The molecule has 0 aliphatic heterocycles. The smallest absolute Gasteiger partial charge is 0.419 e. The molecule has 1 N–H and O–H groups in total. The van der Waals surface area contributed by atoms with Crippen molar-refractivity contribution in [3.8, 4) is 0 Å². The van der Waals surface area contributed by atoms with E-state index in [9.17, 15) is 18.0 Å². The zero-order valence-electron chi connectivity index (χ0n) is 6.47. The van der Waals surface area contributed by atoms with Crippen molar-refractivity contribution in [3.63, 3.8) is 0 Å². The number of nitrogens with zero attached hydrogens (tertiary/aromatic N) is 1. The minimum absolute atomic E-state index is 0.523. The first-order chi connectivity index (χ1) is 6.34. The number of carbonyl (C=O) groups is 1. The van der Waals surface area contributed by atoms with E-state index >= 15 is 0 Å². The van der Waals surface area contributed by atoms with Gasteiger partial charge >= 0.3 is 12.1 Å². The molecule has 0 amide bonds. The van der Waals surface area contributed by atoms with Gasteiger partial charge in [-0.25, -0.2) is 9.78 Å². The van der Waals surface area contributed by atoms with E-state index < -0.39 is 27.9 Å². The fourth-order valence-electron chi connectivity index (χ4n) is 0.884. The molecule has 14 heavy (non-hydrogen) atoms. The molecule has 0 aromatic carbocycles. The number of hydrogen-bond donors (Lipinski definition) is 1. The Morgan fingerprint density at radius 2 is 2.07 bits per heavy atom. The van der Waals surface area contributed by atoms with Gasteiger partial charge in [0.25, 0.3) is 0 Å². The predicted molar refractivity (Wildman–Crippen MR) is 43.9 cm³/mol. The summed E-state index contributed by atoms with van der Waals surface area (Å²) < 4.78 is 36.5. The maximum Gasteiger partial charge on any atom is 0.419 e. The van der Waals surface area contributed by atoms with Crippen LogP contribution in [0, 0.1) is 0 Å². The van der Waals surface area contributed by atoms with Crippen LogP contribution in [0.15, 0.2) is 16.9 Å². The maximum atomic E-state index is 12.3. The Labute approximate surface area is 84.7 Å². The molecule has 0 unspecified atom stereocenters. The van der Waals surface area contributed by atoms with Crippen molar-refractivity contribution in [1.82, 2.24) is 4.98 Å². The maximum absolute atomic E-state index is 12.3.